The molecule has 24 heavy (non-hydrogen) atoms. The van der Waals surface area contributed by atoms with Gasteiger partial charge >= 0.3 is 0 Å². The van der Waals surface area contributed by atoms with E-state index in [-0.39, 0.29) is 11.8 Å². The minimum absolute atomic E-state index is 0.0679. The van der Waals surface area contributed by atoms with Crippen molar-refractivity contribution in [3.05, 3.63) is 78.4 Å². The molecule has 120 valence electrons. The highest BCUT2D eigenvalue weighted by Crippen LogP contribution is 2.47. The number of hydrogen-bond donors (Lipinski definition) is 1. The Morgan fingerprint density at radius 1 is 1.17 bits per heavy atom. The highest BCUT2D eigenvalue weighted by atomic mass is 16.2. The second-order valence-electron chi connectivity index (χ2n) is 6.08. The maximum atomic E-state index is 12.3. The van der Waals surface area contributed by atoms with Gasteiger partial charge in [0, 0.05) is 36.6 Å². The second kappa shape index (κ2) is 6.28. The second-order valence-corrected chi connectivity index (χ2v) is 6.08. The molecule has 5 heteroatoms. The van der Waals surface area contributed by atoms with Crippen LogP contribution in [0.5, 0.6) is 0 Å². The van der Waals surface area contributed by atoms with E-state index in [1.54, 1.807) is 12.4 Å². The Bertz CT molecular complexity index is 829. The van der Waals surface area contributed by atoms with Crippen LogP contribution in [0.1, 0.15) is 23.5 Å². The monoisotopic (exact) mass is 318 g/mol. The molecule has 5 nitrogen and oxygen atoms in total. The van der Waals surface area contributed by atoms with Crippen molar-refractivity contribution < 1.29 is 4.79 Å². The summed E-state index contributed by atoms with van der Waals surface area (Å²) in [5.74, 6) is 0.487. The molecular weight excluding hydrogens is 300 g/mol. The SMILES string of the molecule is O=C(NCc1cnn(-c2ccccc2)c1)[C@@H]1C[C@@H]1c1cccnc1. The Kier molecular flexibility index (Phi) is 3.83. The summed E-state index contributed by atoms with van der Waals surface area (Å²) >= 11 is 0. The highest BCUT2D eigenvalue weighted by Gasteiger charge is 2.43. The number of nitrogens with one attached hydrogen (secondary N) is 1. The summed E-state index contributed by atoms with van der Waals surface area (Å²) in [6, 6.07) is 13.9. The Morgan fingerprint density at radius 3 is 2.83 bits per heavy atom. The zero-order chi connectivity index (χ0) is 16.4. The molecule has 0 aliphatic heterocycles. The Balaban J connectivity index is 1.33. The zero-order valence-electron chi connectivity index (χ0n) is 13.2. The van der Waals surface area contributed by atoms with E-state index in [9.17, 15) is 4.79 Å². The van der Waals surface area contributed by atoms with E-state index in [0.29, 0.717) is 12.5 Å². The lowest BCUT2D eigenvalue weighted by Crippen LogP contribution is -2.24. The normalized spacial score (nSPS) is 19.0. The largest absolute Gasteiger partial charge is 0.352 e. The van der Waals surface area contributed by atoms with Crippen LogP contribution in [0.25, 0.3) is 5.69 Å². The number of carbonyl (C=O) groups excluding carboxylic acids is 1. The van der Waals surface area contributed by atoms with E-state index in [1.165, 1.54) is 0 Å². The molecule has 1 aliphatic carbocycles. The van der Waals surface area contributed by atoms with Crippen LogP contribution >= 0.6 is 0 Å². The average molecular weight is 318 g/mol. The predicted octanol–water partition coefficient (Wildman–Crippen LogP) is 2.69. The summed E-state index contributed by atoms with van der Waals surface area (Å²) in [5.41, 5.74) is 3.15. The molecule has 4 rings (SSSR count). The number of aromatic nitrogens is 3. The first kappa shape index (κ1) is 14.6. The van der Waals surface area contributed by atoms with Crippen LogP contribution < -0.4 is 5.32 Å². The molecule has 1 N–H and O–H groups in total. The van der Waals surface area contributed by atoms with E-state index in [0.717, 1.165) is 23.2 Å². The molecule has 0 radical (unpaired) electrons. The maximum Gasteiger partial charge on any atom is 0.224 e. The van der Waals surface area contributed by atoms with Gasteiger partial charge in [-0.25, -0.2) is 4.68 Å². The topological polar surface area (TPSA) is 59.8 Å². The highest BCUT2D eigenvalue weighted by molar-refractivity contribution is 5.82. The molecule has 1 aliphatic rings. The third kappa shape index (κ3) is 3.06. The van der Waals surface area contributed by atoms with Gasteiger partial charge in [-0.05, 0) is 36.1 Å². The van der Waals surface area contributed by atoms with Gasteiger partial charge in [0.1, 0.15) is 0 Å². The van der Waals surface area contributed by atoms with E-state index >= 15 is 0 Å². The zero-order valence-corrected chi connectivity index (χ0v) is 13.2. The van der Waals surface area contributed by atoms with Crippen molar-refractivity contribution >= 4 is 5.91 Å². The first-order valence-electron chi connectivity index (χ1n) is 8.08. The van der Waals surface area contributed by atoms with Gasteiger partial charge in [-0.2, -0.15) is 5.10 Å². The van der Waals surface area contributed by atoms with Crippen molar-refractivity contribution in [2.24, 2.45) is 5.92 Å². The van der Waals surface area contributed by atoms with Crippen LogP contribution in [0.3, 0.4) is 0 Å². The van der Waals surface area contributed by atoms with E-state index in [2.05, 4.69) is 15.4 Å². The molecule has 3 aromatic rings. The minimum Gasteiger partial charge on any atom is -0.352 e. The van der Waals surface area contributed by atoms with Crippen LogP contribution in [-0.2, 0) is 11.3 Å². The molecule has 1 aromatic carbocycles. The lowest BCUT2D eigenvalue weighted by molar-refractivity contribution is -0.122. The van der Waals surface area contributed by atoms with Crippen LogP contribution in [-0.4, -0.2) is 20.7 Å². The summed E-state index contributed by atoms with van der Waals surface area (Å²) < 4.78 is 1.82. The summed E-state index contributed by atoms with van der Waals surface area (Å²) in [7, 11) is 0. The molecular formula is C19H18N4O. The number of hydrogen-bond acceptors (Lipinski definition) is 3. The van der Waals surface area contributed by atoms with Gasteiger partial charge < -0.3 is 5.32 Å². The van der Waals surface area contributed by atoms with E-state index in [1.807, 2.05) is 59.5 Å². The summed E-state index contributed by atoms with van der Waals surface area (Å²) in [4.78, 5) is 16.4. The number of rotatable bonds is 5. The standard InChI is InChI=1S/C19H18N4O/c24-19(18-9-17(18)15-5-4-8-20-12-15)21-10-14-11-22-23(13-14)16-6-2-1-3-7-16/h1-8,11-13,17-18H,9-10H2,(H,21,24)/t17-,18-/m1/s1. The number of nitrogens with zero attached hydrogens (tertiary/aromatic N) is 3. The number of para-hydroxylation sites is 1. The number of benzene rings is 1. The molecule has 2 atom stereocenters. The molecule has 1 saturated carbocycles. The van der Waals surface area contributed by atoms with Gasteiger partial charge in [0.2, 0.25) is 5.91 Å². The van der Waals surface area contributed by atoms with Crippen molar-refractivity contribution in [1.29, 1.82) is 0 Å². The van der Waals surface area contributed by atoms with Crippen molar-refractivity contribution in [3.8, 4) is 5.69 Å². The minimum atomic E-state index is 0.0679. The lowest BCUT2D eigenvalue weighted by atomic mass is 10.1. The van der Waals surface area contributed by atoms with Crippen molar-refractivity contribution in [3.63, 3.8) is 0 Å². The third-order valence-corrected chi connectivity index (χ3v) is 4.36. The smallest absolute Gasteiger partial charge is 0.224 e. The van der Waals surface area contributed by atoms with Gasteiger partial charge in [0.25, 0.3) is 0 Å². The molecule has 0 spiro atoms. The Labute approximate surface area is 140 Å². The molecule has 1 fully saturated rings. The van der Waals surface area contributed by atoms with Gasteiger partial charge in [-0.3, -0.25) is 9.78 Å². The molecule has 0 bridgehead atoms. The first-order valence-corrected chi connectivity index (χ1v) is 8.08. The third-order valence-electron chi connectivity index (χ3n) is 4.36. The summed E-state index contributed by atoms with van der Waals surface area (Å²) in [5, 5.41) is 7.36. The fourth-order valence-corrected chi connectivity index (χ4v) is 2.94. The van der Waals surface area contributed by atoms with Crippen LogP contribution in [0.2, 0.25) is 0 Å². The van der Waals surface area contributed by atoms with E-state index in [4.69, 9.17) is 0 Å². The Hall–Kier alpha value is -2.95. The number of pyridine rings is 1. The van der Waals surface area contributed by atoms with Gasteiger partial charge in [0.15, 0.2) is 0 Å². The van der Waals surface area contributed by atoms with Crippen LogP contribution in [0.4, 0.5) is 0 Å². The van der Waals surface area contributed by atoms with Gasteiger partial charge in [0.05, 0.1) is 11.9 Å². The molecule has 1 amide bonds. The van der Waals surface area contributed by atoms with Crippen LogP contribution in [0.15, 0.2) is 67.3 Å². The molecule has 2 heterocycles. The fraction of sp³-hybridized carbons (Fsp3) is 0.211. The Morgan fingerprint density at radius 2 is 2.04 bits per heavy atom. The molecule has 2 aromatic heterocycles. The lowest BCUT2D eigenvalue weighted by Gasteiger charge is -2.03. The quantitative estimate of drug-likeness (QED) is 0.787. The average Bonchev–Trinajstić information content (AvgIpc) is 3.31. The summed E-state index contributed by atoms with van der Waals surface area (Å²) in [6.45, 7) is 0.502. The number of amides is 1. The first-order chi connectivity index (χ1) is 11.8. The van der Waals surface area contributed by atoms with E-state index < -0.39 is 0 Å². The van der Waals surface area contributed by atoms with Gasteiger partial charge in [-0.1, -0.05) is 24.3 Å². The van der Waals surface area contributed by atoms with Crippen molar-refractivity contribution in [2.45, 2.75) is 18.9 Å². The van der Waals surface area contributed by atoms with Crippen molar-refractivity contribution in [1.82, 2.24) is 20.1 Å². The molecule has 0 saturated heterocycles. The van der Waals surface area contributed by atoms with Gasteiger partial charge in [-0.15, -0.1) is 0 Å². The number of carbonyl (C=O) groups is 1. The maximum absolute atomic E-state index is 12.3. The molecule has 0 unspecified atom stereocenters. The predicted molar refractivity (Wildman–Crippen MR) is 90.5 cm³/mol. The van der Waals surface area contributed by atoms with Crippen molar-refractivity contribution in [2.75, 3.05) is 0 Å². The fourth-order valence-electron chi connectivity index (χ4n) is 2.94. The summed E-state index contributed by atoms with van der Waals surface area (Å²) in [6.07, 6.45) is 8.24. The van der Waals surface area contributed by atoms with Crippen LogP contribution in [0, 0.1) is 5.92 Å².